The van der Waals surface area contributed by atoms with Crippen molar-refractivity contribution in [3.8, 4) is 0 Å². The van der Waals surface area contributed by atoms with Gasteiger partial charge < -0.3 is 15.3 Å². The Labute approximate surface area is 219 Å². The second kappa shape index (κ2) is 10.7. The highest BCUT2D eigenvalue weighted by Crippen LogP contribution is 2.39. The summed E-state index contributed by atoms with van der Waals surface area (Å²) in [5, 5.41) is 15.2. The summed E-state index contributed by atoms with van der Waals surface area (Å²) < 4.78 is 68.0. The molecule has 3 aromatic rings. The van der Waals surface area contributed by atoms with Gasteiger partial charge in [0.05, 0.1) is 6.04 Å². The van der Waals surface area contributed by atoms with E-state index in [4.69, 9.17) is 0 Å². The number of nitrogens with one attached hydrogen (secondary N) is 1. The third-order valence-electron chi connectivity index (χ3n) is 6.81. The molecule has 1 aliphatic heterocycles. The molecule has 2 heterocycles. The van der Waals surface area contributed by atoms with Crippen LogP contribution in [0.15, 0.2) is 76.3 Å². The Hall–Kier alpha value is -2.44. The standard InChI is InChI=1S/C26H30F3N3O3S2/c1-19(20-7-4-3-5-8-20)30-17-23-18-31(37(34,35)24-9-6-16-36-24)14-15-32(23)22-12-10-21(11-13-22)25(2,33)26(27,28)29/h3-13,16,19,23,30,33H,14-15,17-18H2,1-2H3/t19?,23-,25?/m0/s1. The maximum atomic E-state index is 13.3. The van der Waals surface area contributed by atoms with E-state index in [0.29, 0.717) is 18.8 Å². The molecular formula is C26H30F3N3O3S2. The summed E-state index contributed by atoms with van der Waals surface area (Å²) in [5.41, 5.74) is -1.47. The van der Waals surface area contributed by atoms with Crippen LogP contribution in [0, 0.1) is 0 Å². The first-order valence-electron chi connectivity index (χ1n) is 11.9. The van der Waals surface area contributed by atoms with Crippen LogP contribution in [0.4, 0.5) is 18.9 Å². The Kier molecular flexibility index (Phi) is 8.01. The minimum atomic E-state index is -4.81. The van der Waals surface area contributed by atoms with Crippen LogP contribution in [0.3, 0.4) is 0 Å². The van der Waals surface area contributed by atoms with Crippen LogP contribution < -0.4 is 10.2 Å². The Morgan fingerprint density at radius 1 is 1.05 bits per heavy atom. The molecule has 11 heteroatoms. The molecule has 2 N–H and O–H groups in total. The van der Waals surface area contributed by atoms with Crippen LogP contribution in [0.25, 0.3) is 0 Å². The van der Waals surface area contributed by atoms with Gasteiger partial charge in [-0.15, -0.1) is 11.3 Å². The van der Waals surface area contributed by atoms with Gasteiger partial charge in [-0.05, 0) is 48.6 Å². The van der Waals surface area contributed by atoms with Crippen LogP contribution in [0.2, 0.25) is 0 Å². The zero-order chi connectivity index (χ0) is 26.8. The number of benzene rings is 2. The Balaban J connectivity index is 1.57. The fourth-order valence-corrected chi connectivity index (χ4v) is 7.02. The number of alkyl halides is 3. The van der Waals surface area contributed by atoms with Gasteiger partial charge in [0.25, 0.3) is 10.0 Å². The van der Waals surface area contributed by atoms with Crippen LogP contribution >= 0.6 is 11.3 Å². The summed E-state index contributed by atoms with van der Waals surface area (Å²) in [6.07, 6.45) is -4.81. The van der Waals surface area contributed by atoms with E-state index in [2.05, 4.69) is 5.32 Å². The molecular weight excluding hydrogens is 523 g/mol. The Morgan fingerprint density at radius 3 is 2.32 bits per heavy atom. The highest BCUT2D eigenvalue weighted by Gasteiger charge is 2.51. The van der Waals surface area contributed by atoms with Crippen molar-refractivity contribution in [3.05, 3.63) is 83.2 Å². The second-order valence-electron chi connectivity index (χ2n) is 9.30. The molecule has 1 aromatic heterocycles. The first-order valence-corrected chi connectivity index (χ1v) is 14.2. The molecule has 0 bridgehead atoms. The first kappa shape index (κ1) is 27.6. The number of rotatable bonds is 8. The molecule has 37 heavy (non-hydrogen) atoms. The number of sulfonamides is 1. The summed E-state index contributed by atoms with van der Waals surface area (Å²) in [4.78, 5) is 2.01. The van der Waals surface area contributed by atoms with Gasteiger partial charge in [-0.1, -0.05) is 48.5 Å². The summed E-state index contributed by atoms with van der Waals surface area (Å²) >= 11 is 1.17. The van der Waals surface area contributed by atoms with E-state index in [1.807, 2.05) is 42.2 Å². The molecule has 0 amide bonds. The van der Waals surface area contributed by atoms with Gasteiger partial charge in [-0.2, -0.15) is 17.5 Å². The van der Waals surface area contributed by atoms with E-state index in [-0.39, 0.29) is 34.9 Å². The minimum Gasteiger partial charge on any atom is -0.376 e. The smallest absolute Gasteiger partial charge is 0.376 e. The predicted molar refractivity (Wildman–Crippen MR) is 139 cm³/mol. The van der Waals surface area contributed by atoms with E-state index < -0.39 is 21.8 Å². The average Bonchev–Trinajstić information content (AvgIpc) is 3.43. The van der Waals surface area contributed by atoms with Gasteiger partial charge in [0, 0.05) is 37.9 Å². The number of anilines is 1. The maximum Gasteiger partial charge on any atom is 0.421 e. The molecule has 0 spiro atoms. The van der Waals surface area contributed by atoms with Crippen molar-refractivity contribution in [2.45, 2.75) is 41.9 Å². The van der Waals surface area contributed by atoms with Crippen LogP contribution in [-0.4, -0.2) is 56.2 Å². The van der Waals surface area contributed by atoms with Crippen LogP contribution in [-0.2, 0) is 15.6 Å². The van der Waals surface area contributed by atoms with Crippen molar-refractivity contribution in [2.75, 3.05) is 31.1 Å². The molecule has 2 aromatic carbocycles. The minimum absolute atomic E-state index is 0.0107. The number of aliphatic hydroxyl groups is 1. The van der Waals surface area contributed by atoms with Crippen molar-refractivity contribution < 1.29 is 26.7 Å². The van der Waals surface area contributed by atoms with Crippen molar-refractivity contribution in [1.29, 1.82) is 0 Å². The van der Waals surface area contributed by atoms with Crippen molar-refractivity contribution in [1.82, 2.24) is 9.62 Å². The van der Waals surface area contributed by atoms with Crippen molar-refractivity contribution in [3.63, 3.8) is 0 Å². The molecule has 0 aliphatic carbocycles. The SMILES string of the molecule is CC(NC[C@H]1CN(S(=O)(=O)c2cccs2)CCN1c1ccc(C(C)(O)C(F)(F)F)cc1)c1ccccc1. The number of piperazine rings is 1. The van der Waals surface area contributed by atoms with E-state index in [0.717, 1.165) is 12.5 Å². The quantitative estimate of drug-likeness (QED) is 0.421. The molecule has 1 saturated heterocycles. The third-order valence-corrected chi connectivity index (χ3v) is 10.0. The Morgan fingerprint density at radius 2 is 1.73 bits per heavy atom. The Bertz CT molecular complexity index is 1270. The fraction of sp³-hybridized carbons (Fsp3) is 0.385. The number of hydrogen-bond acceptors (Lipinski definition) is 6. The summed E-state index contributed by atoms with van der Waals surface area (Å²) in [6.45, 7) is 4.04. The highest BCUT2D eigenvalue weighted by molar-refractivity contribution is 7.91. The largest absolute Gasteiger partial charge is 0.421 e. The van der Waals surface area contributed by atoms with E-state index >= 15 is 0 Å². The lowest BCUT2D eigenvalue weighted by Crippen LogP contribution is -2.58. The molecule has 2 unspecified atom stereocenters. The molecule has 1 aliphatic rings. The van der Waals surface area contributed by atoms with Gasteiger partial charge >= 0.3 is 6.18 Å². The number of hydrogen-bond donors (Lipinski definition) is 2. The maximum absolute atomic E-state index is 13.3. The normalized spacial score (nSPS) is 19.9. The number of thiophene rings is 1. The first-order chi connectivity index (χ1) is 17.4. The lowest BCUT2D eigenvalue weighted by molar-refractivity contribution is -0.258. The molecule has 0 saturated carbocycles. The fourth-order valence-electron chi connectivity index (χ4n) is 4.41. The molecule has 4 rings (SSSR count). The molecule has 6 nitrogen and oxygen atoms in total. The zero-order valence-corrected chi connectivity index (χ0v) is 22.2. The average molecular weight is 554 g/mol. The lowest BCUT2D eigenvalue weighted by Gasteiger charge is -2.42. The zero-order valence-electron chi connectivity index (χ0n) is 20.5. The van der Waals surface area contributed by atoms with Crippen LogP contribution in [0.1, 0.15) is 31.0 Å². The molecule has 3 atom stereocenters. The third kappa shape index (κ3) is 5.85. The summed E-state index contributed by atoms with van der Waals surface area (Å²) in [6, 6.07) is 18.5. The summed E-state index contributed by atoms with van der Waals surface area (Å²) in [7, 11) is -3.65. The predicted octanol–water partition coefficient (Wildman–Crippen LogP) is 4.75. The monoisotopic (exact) mass is 553 g/mol. The highest BCUT2D eigenvalue weighted by atomic mass is 32.2. The van der Waals surface area contributed by atoms with Gasteiger partial charge in [0.15, 0.2) is 5.60 Å². The van der Waals surface area contributed by atoms with E-state index in [9.17, 15) is 26.7 Å². The second-order valence-corrected chi connectivity index (χ2v) is 12.4. The molecule has 1 fully saturated rings. The van der Waals surface area contributed by atoms with Gasteiger partial charge in [0.2, 0.25) is 0 Å². The number of halogens is 3. The van der Waals surface area contributed by atoms with Gasteiger partial charge in [0.1, 0.15) is 4.21 Å². The van der Waals surface area contributed by atoms with Gasteiger partial charge in [-0.25, -0.2) is 8.42 Å². The van der Waals surface area contributed by atoms with Gasteiger partial charge in [-0.3, -0.25) is 0 Å². The topological polar surface area (TPSA) is 72.9 Å². The number of nitrogens with zero attached hydrogens (tertiary/aromatic N) is 2. The van der Waals surface area contributed by atoms with E-state index in [1.165, 1.54) is 27.8 Å². The molecule has 0 radical (unpaired) electrons. The van der Waals surface area contributed by atoms with Crippen molar-refractivity contribution >= 4 is 27.0 Å². The lowest BCUT2D eigenvalue weighted by atomic mass is 9.95. The molecule has 200 valence electrons. The van der Waals surface area contributed by atoms with E-state index in [1.54, 1.807) is 29.6 Å². The summed E-state index contributed by atoms with van der Waals surface area (Å²) in [5.74, 6) is 0. The van der Waals surface area contributed by atoms with Crippen LogP contribution in [0.5, 0.6) is 0 Å². The van der Waals surface area contributed by atoms with Crippen molar-refractivity contribution in [2.24, 2.45) is 0 Å².